The molecular formula is C12H21N3OS. The van der Waals surface area contributed by atoms with Gasteiger partial charge in [-0.25, -0.2) is 4.68 Å². The maximum absolute atomic E-state index is 5.21. The molecule has 1 aromatic rings. The minimum absolute atomic E-state index is 0.416. The normalized spacial score (nSPS) is 23.4. The molecule has 0 bridgehead atoms. The fourth-order valence-electron chi connectivity index (χ4n) is 2.28. The predicted molar refractivity (Wildman–Crippen MR) is 72.9 cm³/mol. The topological polar surface area (TPSA) is 39.1 Å². The molecule has 4 nitrogen and oxygen atoms in total. The van der Waals surface area contributed by atoms with Gasteiger partial charge in [0.25, 0.3) is 0 Å². The molecule has 1 N–H and O–H groups in total. The van der Waals surface area contributed by atoms with Gasteiger partial charge in [-0.15, -0.1) is 0 Å². The van der Waals surface area contributed by atoms with Crippen molar-refractivity contribution >= 4 is 17.6 Å². The molecule has 0 aromatic carbocycles. The summed E-state index contributed by atoms with van der Waals surface area (Å²) in [7, 11) is 3.56. The molecule has 1 saturated heterocycles. The maximum atomic E-state index is 5.21. The zero-order chi connectivity index (χ0) is 12.5. The summed E-state index contributed by atoms with van der Waals surface area (Å²) in [4.78, 5) is 0. The number of hydrogen-bond acceptors (Lipinski definition) is 4. The van der Waals surface area contributed by atoms with Crippen molar-refractivity contribution in [2.45, 2.75) is 26.3 Å². The van der Waals surface area contributed by atoms with E-state index in [9.17, 15) is 0 Å². The molecule has 96 valence electrons. The van der Waals surface area contributed by atoms with Crippen LogP contribution in [0, 0.1) is 5.41 Å². The van der Waals surface area contributed by atoms with Crippen LogP contribution in [0.2, 0.25) is 0 Å². The lowest BCUT2D eigenvalue weighted by Gasteiger charge is -2.35. The number of hydrogen-bond donors (Lipinski definition) is 1. The van der Waals surface area contributed by atoms with Crippen molar-refractivity contribution in [1.82, 2.24) is 9.78 Å². The first-order chi connectivity index (χ1) is 8.00. The number of thioether (sulfide) groups is 1. The van der Waals surface area contributed by atoms with Crippen molar-refractivity contribution < 1.29 is 4.74 Å². The van der Waals surface area contributed by atoms with Gasteiger partial charge in [0.15, 0.2) is 5.82 Å². The van der Waals surface area contributed by atoms with Crippen LogP contribution in [0.15, 0.2) is 6.07 Å². The number of aromatic nitrogens is 2. The van der Waals surface area contributed by atoms with Crippen LogP contribution in [0.3, 0.4) is 0 Å². The molecule has 1 fully saturated rings. The van der Waals surface area contributed by atoms with Crippen LogP contribution >= 0.6 is 11.8 Å². The summed E-state index contributed by atoms with van der Waals surface area (Å²) in [5.41, 5.74) is 0.416. The smallest absolute Gasteiger partial charge is 0.213 e. The van der Waals surface area contributed by atoms with Gasteiger partial charge in [-0.3, -0.25) is 0 Å². The number of nitrogens with zero attached hydrogens (tertiary/aromatic N) is 2. The summed E-state index contributed by atoms with van der Waals surface area (Å²) in [6.45, 7) is 4.65. The van der Waals surface area contributed by atoms with E-state index < -0.39 is 0 Å². The summed E-state index contributed by atoms with van der Waals surface area (Å²) >= 11 is 2.02. The Bertz CT molecular complexity index is 389. The van der Waals surface area contributed by atoms with Gasteiger partial charge in [0.2, 0.25) is 5.88 Å². The quantitative estimate of drug-likeness (QED) is 0.900. The van der Waals surface area contributed by atoms with E-state index in [4.69, 9.17) is 4.74 Å². The Kier molecular flexibility index (Phi) is 3.56. The first-order valence-corrected chi connectivity index (χ1v) is 7.08. The van der Waals surface area contributed by atoms with E-state index in [2.05, 4.69) is 24.3 Å². The lowest BCUT2D eigenvalue weighted by Crippen LogP contribution is -2.35. The summed E-state index contributed by atoms with van der Waals surface area (Å²) in [5.74, 6) is 4.10. The molecule has 1 atom stereocenters. The van der Waals surface area contributed by atoms with Gasteiger partial charge >= 0.3 is 0 Å². The molecule has 0 saturated carbocycles. The third-order valence-corrected chi connectivity index (χ3v) is 4.63. The second-order valence-electron chi connectivity index (χ2n) is 5.42. The van der Waals surface area contributed by atoms with Crippen LogP contribution in [0.25, 0.3) is 0 Å². The fraction of sp³-hybridized carbons (Fsp3) is 0.750. The number of rotatable bonds is 3. The average molecular weight is 255 g/mol. The number of methoxy groups -OCH3 is 1. The van der Waals surface area contributed by atoms with Crippen LogP contribution in [0.1, 0.15) is 20.3 Å². The Morgan fingerprint density at radius 2 is 2.35 bits per heavy atom. The van der Waals surface area contributed by atoms with Crippen LogP contribution in [0.4, 0.5) is 5.82 Å². The van der Waals surface area contributed by atoms with E-state index in [0.29, 0.717) is 11.5 Å². The molecule has 1 aliphatic heterocycles. The highest BCUT2D eigenvalue weighted by Gasteiger charge is 2.28. The Hall–Kier alpha value is -0.840. The Morgan fingerprint density at radius 3 is 2.94 bits per heavy atom. The van der Waals surface area contributed by atoms with Gasteiger partial charge in [0.05, 0.1) is 7.11 Å². The lowest BCUT2D eigenvalue weighted by atomic mass is 9.88. The van der Waals surface area contributed by atoms with Gasteiger partial charge in [-0.1, -0.05) is 13.8 Å². The van der Waals surface area contributed by atoms with Gasteiger partial charge < -0.3 is 10.1 Å². The third kappa shape index (κ3) is 3.09. The van der Waals surface area contributed by atoms with Crippen LogP contribution in [0.5, 0.6) is 5.88 Å². The SMILES string of the molecule is COc1cc(NC2CSCC(C)(C)C2)nn1C. The number of anilines is 1. The highest BCUT2D eigenvalue weighted by atomic mass is 32.2. The van der Waals surface area contributed by atoms with Gasteiger partial charge in [0.1, 0.15) is 0 Å². The van der Waals surface area contributed by atoms with Crippen LogP contribution in [-0.2, 0) is 7.05 Å². The van der Waals surface area contributed by atoms with Gasteiger partial charge in [-0.2, -0.15) is 16.9 Å². The predicted octanol–water partition coefficient (Wildman–Crippen LogP) is 2.37. The van der Waals surface area contributed by atoms with Crippen LogP contribution < -0.4 is 10.1 Å². The van der Waals surface area contributed by atoms with Gasteiger partial charge in [0, 0.05) is 24.9 Å². The minimum atomic E-state index is 0.416. The first-order valence-electron chi connectivity index (χ1n) is 5.92. The molecule has 0 aliphatic carbocycles. The monoisotopic (exact) mass is 255 g/mol. The lowest BCUT2D eigenvalue weighted by molar-refractivity contribution is 0.357. The van der Waals surface area contributed by atoms with Crippen molar-refractivity contribution in [1.29, 1.82) is 0 Å². The number of nitrogens with one attached hydrogen (secondary N) is 1. The van der Waals surface area contributed by atoms with Crippen molar-refractivity contribution in [3.63, 3.8) is 0 Å². The zero-order valence-electron chi connectivity index (χ0n) is 11.0. The van der Waals surface area contributed by atoms with E-state index in [0.717, 1.165) is 17.5 Å². The van der Waals surface area contributed by atoms with Crippen molar-refractivity contribution in [3.05, 3.63) is 6.07 Å². The highest BCUT2D eigenvalue weighted by Crippen LogP contribution is 2.34. The molecule has 2 heterocycles. The molecule has 17 heavy (non-hydrogen) atoms. The highest BCUT2D eigenvalue weighted by molar-refractivity contribution is 7.99. The zero-order valence-corrected chi connectivity index (χ0v) is 11.8. The second kappa shape index (κ2) is 4.80. The fourth-order valence-corrected chi connectivity index (χ4v) is 3.55. The van der Waals surface area contributed by atoms with Crippen LogP contribution in [-0.4, -0.2) is 34.4 Å². The van der Waals surface area contributed by atoms with Gasteiger partial charge in [-0.05, 0) is 17.6 Å². The molecule has 0 spiro atoms. The summed E-state index contributed by atoms with van der Waals surface area (Å²) < 4.78 is 6.96. The molecule has 0 amide bonds. The number of aryl methyl sites for hydroxylation is 1. The average Bonchev–Trinajstić information content (AvgIpc) is 2.57. The van der Waals surface area contributed by atoms with E-state index in [-0.39, 0.29) is 0 Å². The summed E-state index contributed by atoms with van der Waals surface area (Å²) in [5, 5.41) is 7.89. The van der Waals surface area contributed by atoms with Crippen molar-refractivity contribution in [2.75, 3.05) is 23.9 Å². The Labute approximate surface area is 107 Å². The Morgan fingerprint density at radius 1 is 1.59 bits per heavy atom. The number of ether oxygens (including phenoxy) is 1. The molecule has 1 unspecified atom stereocenters. The molecule has 5 heteroatoms. The van der Waals surface area contributed by atoms with E-state index in [1.165, 1.54) is 12.2 Å². The molecule has 0 radical (unpaired) electrons. The first kappa shape index (κ1) is 12.6. The van der Waals surface area contributed by atoms with E-state index >= 15 is 0 Å². The third-order valence-electron chi connectivity index (χ3n) is 3.01. The molecular weight excluding hydrogens is 234 g/mol. The molecule has 1 aliphatic rings. The largest absolute Gasteiger partial charge is 0.481 e. The molecule has 1 aromatic heterocycles. The maximum Gasteiger partial charge on any atom is 0.213 e. The minimum Gasteiger partial charge on any atom is -0.481 e. The van der Waals surface area contributed by atoms with Crippen molar-refractivity contribution in [2.24, 2.45) is 12.5 Å². The summed E-state index contributed by atoms with van der Waals surface area (Å²) in [6.07, 6.45) is 1.19. The standard InChI is InChI=1S/C12H21N3OS/c1-12(2)6-9(7-17-8-12)13-10-5-11(16-4)15(3)14-10/h5,9H,6-8H2,1-4H3,(H,13,14). The summed E-state index contributed by atoms with van der Waals surface area (Å²) in [6, 6.07) is 2.45. The Balaban J connectivity index is 2.00. The molecule has 2 rings (SSSR count). The van der Waals surface area contributed by atoms with Crippen molar-refractivity contribution in [3.8, 4) is 5.88 Å². The van der Waals surface area contributed by atoms with E-state index in [1.807, 2.05) is 24.9 Å². The second-order valence-corrected chi connectivity index (χ2v) is 6.45. The van der Waals surface area contributed by atoms with E-state index in [1.54, 1.807) is 11.8 Å².